The summed E-state index contributed by atoms with van der Waals surface area (Å²) >= 11 is 0. The lowest BCUT2D eigenvalue weighted by atomic mass is 9.93. The Morgan fingerprint density at radius 2 is 2.10 bits per heavy atom. The Morgan fingerprint density at radius 3 is 2.83 bits per heavy atom. The SMILES string of the molecule is CC[C@@H]1C[C@H](NS(=O)(=O)CCC(F)(F)F)CC1c1nnc2cnc3[nH]ccc3n12. The maximum absolute atomic E-state index is 12.4. The molecule has 2 N–H and O–H groups in total. The van der Waals surface area contributed by atoms with Gasteiger partial charge in [-0.05, 0) is 24.8 Å². The van der Waals surface area contributed by atoms with Gasteiger partial charge in [-0.3, -0.25) is 4.40 Å². The molecule has 0 bridgehead atoms. The zero-order chi connectivity index (χ0) is 20.8. The summed E-state index contributed by atoms with van der Waals surface area (Å²) in [5.41, 5.74) is 2.11. The van der Waals surface area contributed by atoms with Crippen LogP contribution in [0, 0.1) is 5.92 Å². The molecule has 1 unspecified atom stereocenters. The summed E-state index contributed by atoms with van der Waals surface area (Å²) in [6, 6.07) is 1.44. The number of hydrogen-bond donors (Lipinski definition) is 2. The normalized spacial score (nSPS) is 23.4. The van der Waals surface area contributed by atoms with Gasteiger partial charge in [0, 0.05) is 18.2 Å². The molecule has 3 aromatic rings. The highest BCUT2D eigenvalue weighted by molar-refractivity contribution is 7.89. The molecular weight excluding hydrogens is 409 g/mol. The summed E-state index contributed by atoms with van der Waals surface area (Å²) in [5.74, 6) is -0.167. The van der Waals surface area contributed by atoms with Gasteiger partial charge in [-0.2, -0.15) is 13.2 Å². The van der Waals surface area contributed by atoms with Crippen molar-refractivity contribution in [2.45, 2.75) is 50.7 Å². The van der Waals surface area contributed by atoms with E-state index >= 15 is 0 Å². The molecule has 12 heteroatoms. The topological polar surface area (TPSA) is 105 Å². The highest BCUT2D eigenvalue weighted by atomic mass is 32.2. The molecule has 1 saturated carbocycles. The molecule has 3 heterocycles. The van der Waals surface area contributed by atoms with E-state index in [1.807, 2.05) is 17.4 Å². The highest BCUT2D eigenvalue weighted by Crippen LogP contribution is 2.41. The summed E-state index contributed by atoms with van der Waals surface area (Å²) in [4.78, 5) is 7.33. The van der Waals surface area contributed by atoms with Crippen molar-refractivity contribution >= 4 is 26.8 Å². The van der Waals surface area contributed by atoms with Crippen LogP contribution < -0.4 is 4.72 Å². The molecule has 0 aliphatic heterocycles. The van der Waals surface area contributed by atoms with Crippen LogP contribution in [-0.2, 0) is 10.0 Å². The first kappa shape index (κ1) is 20.1. The van der Waals surface area contributed by atoms with E-state index in [2.05, 4.69) is 24.9 Å². The second-order valence-corrected chi connectivity index (χ2v) is 9.34. The van der Waals surface area contributed by atoms with Crippen LogP contribution in [0.3, 0.4) is 0 Å². The van der Waals surface area contributed by atoms with E-state index in [1.54, 1.807) is 12.4 Å². The minimum Gasteiger partial charge on any atom is -0.345 e. The number of nitrogens with one attached hydrogen (secondary N) is 2. The van der Waals surface area contributed by atoms with Crippen molar-refractivity contribution in [3.05, 3.63) is 24.3 Å². The Morgan fingerprint density at radius 1 is 1.31 bits per heavy atom. The lowest BCUT2D eigenvalue weighted by Gasteiger charge is -2.16. The molecule has 1 aliphatic rings. The third-order valence-corrected chi connectivity index (χ3v) is 6.95. The van der Waals surface area contributed by atoms with Crippen molar-refractivity contribution in [1.82, 2.24) is 29.3 Å². The molecule has 0 aromatic carbocycles. The van der Waals surface area contributed by atoms with E-state index in [0.717, 1.165) is 17.8 Å². The quantitative estimate of drug-likeness (QED) is 0.626. The average molecular weight is 430 g/mol. The third-order valence-electron chi connectivity index (χ3n) is 5.52. The van der Waals surface area contributed by atoms with Crippen molar-refractivity contribution in [3.8, 4) is 0 Å². The fourth-order valence-electron chi connectivity index (χ4n) is 4.19. The van der Waals surface area contributed by atoms with Gasteiger partial charge >= 0.3 is 6.18 Å². The zero-order valence-corrected chi connectivity index (χ0v) is 16.5. The van der Waals surface area contributed by atoms with Crippen LogP contribution in [0.4, 0.5) is 13.2 Å². The van der Waals surface area contributed by atoms with Crippen molar-refractivity contribution in [2.24, 2.45) is 5.92 Å². The van der Waals surface area contributed by atoms with Crippen LogP contribution in [0.25, 0.3) is 16.8 Å². The van der Waals surface area contributed by atoms with Gasteiger partial charge in [0.2, 0.25) is 10.0 Å². The first-order valence-electron chi connectivity index (χ1n) is 9.40. The van der Waals surface area contributed by atoms with E-state index in [1.165, 1.54) is 0 Å². The largest absolute Gasteiger partial charge is 0.390 e. The average Bonchev–Trinajstić information content (AvgIpc) is 3.35. The molecule has 0 saturated heterocycles. The minimum atomic E-state index is -4.50. The smallest absolute Gasteiger partial charge is 0.345 e. The summed E-state index contributed by atoms with van der Waals surface area (Å²) < 4.78 is 65.8. The van der Waals surface area contributed by atoms with E-state index in [0.29, 0.717) is 24.1 Å². The van der Waals surface area contributed by atoms with Crippen LogP contribution in [-0.4, -0.2) is 51.0 Å². The molecule has 0 amide bonds. The number of nitrogens with zero attached hydrogens (tertiary/aromatic N) is 4. The molecular formula is C17H21F3N6O2S. The molecule has 29 heavy (non-hydrogen) atoms. The van der Waals surface area contributed by atoms with Gasteiger partial charge in [0.15, 0.2) is 11.3 Å². The number of rotatable bonds is 6. The highest BCUT2D eigenvalue weighted by Gasteiger charge is 2.39. The Kier molecular flexibility index (Phi) is 5.01. The van der Waals surface area contributed by atoms with E-state index in [4.69, 9.17) is 0 Å². The molecule has 0 radical (unpaired) electrons. The predicted molar refractivity (Wildman–Crippen MR) is 99.8 cm³/mol. The molecule has 1 fully saturated rings. The Bertz CT molecular complexity index is 1120. The molecule has 4 rings (SSSR count). The van der Waals surface area contributed by atoms with Crippen LogP contribution in [0.15, 0.2) is 18.5 Å². The number of aromatic nitrogens is 5. The van der Waals surface area contributed by atoms with Crippen LogP contribution in [0.2, 0.25) is 0 Å². The van der Waals surface area contributed by atoms with Crippen LogP contribution >= 0.6 is 0 Å². The van der Waals surface area contributed by atoms with Crippen LogP contribution in [0.5, 0.6) is 0 Å². The Labute approximate surface area is 165 Å². The number of H-pyrrole nitrogens is 1. The third kappa shape index (κ3) is 4.08. The summed E-state index contributed by atoms with van der Waals surface area (Å²) in [7, 11) is -4.02. The van der Waals surface area contributed by atoms with Crippen molar-refractivity contribution in [2.75, 3.05) is 5.75 Å². The number of hydrogen-bond acceptors (Lipinski definition) is 5. The monoisotopic (exact) mass is 430 g/mol. The first-order valence-corrected chi connectivity index (χ1v) is 11.1. The molecule has 3 aromatic heterocycles. The maximum Gasteiger partial charge on any atom is 0.390 e. The summed E-state index contributed by atoms with van der Waals surface area (Å²) in [6.45, 7) is 2.01. The van der Waals surface area contributed by atoms with E-state index in [-0.39, 0.29) is 11.8 Å². The van der Waals surface area contributed by atoms with Crippen molar-refractivity contribution in [1.29, 1.82) is 0 Å². The summed E-state index contributed by atoms with van der Waals surface area (Å²) in [5, 5.41) is 8.53. The van der Waals surface area contributed by atoms with Gasteiger partial charge in [-0.15, -0.1) is 10.2 Å². The van der Waals surface area contributed by atoms with Gasteiger partial charge in [-0.1, -0.05) is 13.3 Å². The molecule has 1 aliphatic carbocycles. The van der Waals surface area contributed by atoms with Gasteiger partial charge in [0.25, 0.3) is 0 Å². The van der Waals surface area contributed by atoms with Gasteiger partial charge < -0.3 is 4.98 Å². The summed E-state index contributed by atoms with van der Waals surface area (Å²) in [6.07, 6.45) is -0.686. The van der Waals surface area contributed by atoms with Gasteiger partial charge in [0.1, 0.15) is 5.82 Å². The van der Waals surface area contributed by atoms with Crippen molar-refractivity contribution < 1.29 is 21.6 Å². The predicted octanol–water partition coefficient (Wildman–Crippen LogP) is 2.75. The molecule has 0 spiro atoms. The zero-order valence-electron chi connectivity index (χ0n) is 15.6. The van der Waals surface area contributed by atoms with Gasteiger partial charge in [-0.25, -0.2) is 18.1 Å². The first-order chi connectivity index (χ1) is 13.7. The Hall–Kier alpha value is -2.21. The Balaban J connectivity index is 1.58. The minimum absolute atomic E-state index is 0.0641. The second kappa shape index (κ2) is 7.24. The number of halogens is 3. The number of sulfonamides is 1. The number of alkyl halides is 3. The van der Waals surface area contributed by atoms with Crippen LogP contribution in [0.1, 0.15) is 44.3 Å². The lowest BCUT2D eigenvalue weighted by molar-refractivity contribution is -0.130. The fourth-order valence-corrected chi connectivity index (χ4v) is 5.51. The molecule has 158 valence electrons. The standard InChI is InChI=1S/C17H21F3N6O2S/c1-2-10-7-11(25-29(27,28)6-4-17(18,19)20)8-12(10)16-24-23-14-9-22-15-13(26(14)16)3-5-21-15/h3,5,9-12,21,25H,2,4,6-8H2,1H3/t10-,11+,12?/m1/s1. The van der Waals surface area contributed by atoms with Crippen molar-refractivity contribution in [3.63, 3.8) is 0 Å². The van der Waals surface area contributed by atoms with E-state index in [9.17, 15) is 21.6 Å². The second-order valence-electron chi connectivity index (χ2n) is 7.47. The van der Waals surface area contributed by atoms with E-state index < -0.39 is 34.4 Å². The maximum atomic E-state index is 12.4. The lowest BCUT2D eigenvalue weighted by Crippen LogP contribution is -2.36. The fraction of sp³-hybridized carbons (Fsp3) is 0.588. The number of fused-ring (bicyclic) bond motifs is 3. The molecule has 8 nitrogen and oxygen atoms in total. The molecule has 3 atom stereocenters. The van der Waals surface area contributed by atoms with Gasteiger partial charge in [0.05, 0.1) is 23.9 Å². The number of aromatic amines is 1.